The van der Waals surface area contributed by atoms with Gasteiger partial charge in [-0.15, -0.1) is 0 Å². The summed E-state index contributed by atoms with van der Waals surface area (Å²) in [5.74, 6) is 0. The van der Waals surface area contributed by atoms with Crippen molar-refractivity contribution in [3.63, 3.8) is 0 Å². The van der Waals surface area contributed by atoms with Crippen LogP contribution >= 0.6 is 54.4 Å². The number of hydrogen-bond donors (Lipinski definition) is 0. The van der Waals surface area contributed by atoms with Crippen molar-refractivity contribution in [1.29, 1.82) is 0 Å². The van der Waals surface area contributed by atoms with E-state index in [-0.39, 0.29) is 5.41 Å². The summed E-state index contributed by atoms with van der Waals surface area (Å²) < 4.78 is 31.6. The molecular weight excluding hydrogens is 496 g/mol. The van der Waals surface area contributed by atoms with E-state index in [1.807, 2.05) is 0 Å². The Hall–Kier alpha value is 2.08. The zero-order valence-electron chi connectivity index (χ0n) is 9.43. The van der Waals surface area contributed by atoms with Gasteiger partial charge in [-0.1, -0.05) is 0 Å². The van der Waals surface area contributed by atoms with E-state index in [1.165, 1.54) is 0 Å². The molecule has 2 aliphatic heterocycles. The molecule has 2 aliphatic rings. The summed E-state index contributed by atoms with van der Waals surface area (Å²) in [6.45, 7) is 2.16. The molecule has 0 unspecified atom stereocenters. The van der Waals surface area contributed by atoms with E-state index in [4.69, 9.17) is 27.1 Å². The second kappa shape index (κ2) is 9.10. The molecule has 1 spiro atoms. The first-order valence-corrected chi connectivity index (χ1v) is 13.1. The average molecular weight is 510 g/mol. The van der Waals surface area contributed by atoms with E-state index in [0.29, 0.717) is 26.4 Å². The van der Waals surface area contributed by atoms with Crippen LogP contribution in [-0.2, 0) is 27.1 Å². The van der Waals surface area contributed by atoms with Gasteiger partial charge in [-0.05, 0) is 0 Å². The minimum absolute atomic E-state index is 0.200. The third kappa shape index (κ3) is 5.17. The zero-order chi connectivity index (χ0) is 12.7. The van der Waals surface area contributed by atoms with Gasteiger partial charge < -0.3 is 27.1 Å². The Kier molecular flexibility index (Phi) is 9.17. The largest absolute Gasteiger partial charge is 0.332 e. The molecule has 0 radical (unpaired) electrons. The molecule has 17 heavy (non-hydrogen) atoms. The van der Waals surface area contributed by atoms with Crippen LogP contribution in [0.25, 0.3) is 0 Å². The fourth-order valence-electron chi connectivity index (χ4n) is 1.29. The molecule has 0 bridgehead atoms. The van der Waals surface area contributed by atoms with Gasteiger partial charge in [0.25, 0.3) is 0 Å². The first-order chi connectivity index (χ1) is 8.28. The van der Waals surface area contributed by atoms with Crippen molar-refractivity contribution in [2.24, 2.45) is 5.41 Å². The molecular formula is C7H14I2O6P2. The highest BCUT2D eigenvalue weighted by Crippen LogP contribution is 2.52. The molecule has 0 N–H and O–H groups in total. The van der Waals surface area contributed by atoms with Crippen LogP contribution in [0.15, 0.2) is 0 Å². The molecule has 2 saturated heterocycles. The molecule has 102 valence electrons. The Morgan fingerprint density at radius 1 is 0.824 bits per heavy atom. The smallest absolute Gasteiger partial charge is 0.316 e. The molecule has 0 aromatic heterocycles. The summed E-state index contributed by atoms with van der Waals surface area (Å²) in [5.41, 5.74) is -0.200. The molecule has 6 nitrogen and oxygen atoms in total. The lowest BCUT2D eigenvalue weighted by atomic mass is 9.93. The number of halogens is 2. The van der Waals surface area contributed by atoms with E-state index >= 15 is 0 Å². The van der Waals surface area contributed by atoms with Gasteiger partial charge in [0.2, 0.25) is 0 Å². The summed E-state index contributed by atoms with van der Waals surface area (Å²) in [6, 6.07) is 0. The monoisotopic (exact) mass is 510 g/mol. The van der Waals surface area contributed by atoms with Crippen LogP contribution in [0.2, 0.25) is 0 Å². The maximum atomic E-state index is 5.42. The van der Waals surface area contributed by atoms with Gasteiger partial charge in [-0.2, -0.15) is 0 Å². The van der Waals surface area contributed by atoms with Gasteiger partial charge in [0.15, 0.2) is 0 Å². The van der Waals surface area contributed by atoms with Crippen LogP contribution in [-0.4, -0.2) is 40.6 Å². The quantitative estimate of drug-likeness (QED) is 0.419. The third-order valence-corrected chi connectivity index (χ3v) is 4.16. The molecule has 0 atom stereocenters. The van der Waals surface area contributed by atoms with Gasteiger partial charge >= 0.3 is 17.2 Å². The molecule has 10 heteroatoms. The predicted molar refractivity (Wildman–Crippen MR) is 82.1 cm³/mol. The van der Waals surface area contributed by atoms with Gasteiger partial charge in [-0.25, -0.2) is 0 Å². The van der Waals surface area contributed by atoms with Gasteiger partial charge in [0.1, 0.15) is 0 Å². The van der Waals surface area contributed by atoms with Crippen LogP contribution in [0.4, 0.5) is 0 Å². The topological polar surface area (TPSA) is 55.4 Å². The van der Waals surface area contributed by atoms with E-state index in [0.717, 1.165) is 0 Å². The Morgan fingerprint density at radius 2 is 1.12 bits per heavy atom. The van der Waals surface area contributed by atoms with Crippen LogP contribution in [0.1, 0.15) is 0 Å². The maximum absolute atomic E-state index is 5.42. The Labute approximate surface area is 127 Å². The second-order valence-electron chi connectivity index (χ2n) is 3.41. The van der Waals surface area contributed by atoms with Crippen molar-refractivity contribution >= 4 is 54.4 Å². The highest BCUT2D eigenvalue weighted by Gasteiger charge is 2.43. The van der Waals surface area contributed by atoms with Crippen molar-refractivity contribution in [3.05, 3.63) is 0 Å². The molecule has 2 fully saturated rings. The molecule has 2 heterocycles. The molecule has 0 amide bonds. The van der Waals surface area contributed by atoms with E-state index in [9.17, 15) is 0 Å². The SMILES string of the molecule is COP1OCC2(CO1)COP(OC)OC2.II. The van der Waals surface area contributed by atoms with Crippen molar-refractivity contribution < 1.29 is 27.1 Å². The Morgan fingerprint density at radius 3 is 1.35 bits per heavy atom. The third-order valence-electron chi connectivity index (χ3n) is 2.20. The van der Waals surface area contributed by atoms with Crippen molar-refractivity contribution in [2.45, 2.75) is 0 Å². The minimum atomic E-state index is -1.17. The first kappa shape index (κ1) is 17.1. The maximum Gasteiger partial charge on any atom is 0.332 e. The molecule has 0 aliphatic carbocycles. The minimum Gasteiger partial charge on any atom is -0.316 e. The lowest BCUT2D eigenvalue weighted by Gasteiger charge is -2.41. The predicted octanol–water partition coefficient (Wildman–Crippen LogP) is 3.58. The van der Waals surface area contributed by atoms with Crippen molar-refractivity contribution in [3.8, 4) is 0 Å². The van der Waals surface area contributed by atoms with Crippen LogP contribution < -0.4 is 0 Å². The highest BCUT2D eigenvalue weighted by molar-refractivity contribution is 15.0. The lowest BCUT2D eigenvalue weighted by Crippen LogP contribution is -2.44. The zero-order valence-corrected chi connectivity index (χ0v) is 15.5. The normalized spacial score (nSPS) is 37.4. The fourth-order valence-corrected chi connectivity index (χ4v) is 3.38. The van der Waals surface area contributed by atoms with E-state index in [1.54, 1.807) is 14.2 Å². The summed E-state index contributed by atoms with van der Waals surface area (Å²) in [5, 5.41) is 0. The van der Waals surface area contributed by atoms with Gasteiger partial charge in [0.05, 0.1) is 31.8 Å². The van der Waals surface area contributed by atoms with Gasteiger partial charge in [-0.3, -0.25) is 0 Å². The number of hydrogen-bond acceptors (Lipinski definition) is 6. The van der Waals surface area contributed by atoms with Crippen molar-refractivity contribution in [2.75, 3.05) is 40.6 Å². The summed E-state index contributed by atoms with van der Waals surface area (Å²) in [7, 11) is 0.798. The van der Waals surface area contributed by atoms with Crippen LogP contribution in [0.3, 0.4) is 0 Å². The average Bonchev–Trinajstić information content (AvgIpc) is 2.43. The first-order valence-electron chi connectivity index (χ1n) is 4.62. The molecule has 0 aromatic rings. The molecule has 0 aromatic carbocycles. The summed E-state index contributed by atoms with van der Waals surface area (Å²) in [4.78, 5) is 0. The fraction of sp³-hybridized carbons (Fsp3) is 1.00. The van der Waals surface area contributed by atoms with E-state index in [2.05, 4.69) is 37.2 Å². The van der Waals surface area contributed by atoms with Crippen LogP contribution in [0, 0.1) is 5.41 Å². The summed E-state index contributed by atoms with van der Waals surface area (Å²) >= 11 is 4.24. The standard InChI is InChI=1S/C7H14O6P2.I2/c1-8-14-10-3-7(4-11-14)5-12-15(9-2)13-6-7;1-2/h3-6H2,1-2H3;. The Bertz CT molecular complexity index is 183. The van der Waals surface area contributed by atoms with Crippen LogP contribution in [0.5, 0.6) is 0 Å². The van der Waals surface area contributed by atoms with Gasteiger partial charge in [0, 0.05) is 51.5 Å². The second-order valence-corrected chi connectivity index (χ2v) is 6.06. The van der Waals surface area contributed by atoms with Crippen molar-refractivity contribution in [1.82, 2.24) is 0 Å². The lowest BCUT2D eigenvalue weighted by molar-refractivity contribution is -0.0729. The molecule has 0 saturated carbocycles. The summed E-state index contributed by atoms with van der Waals surface area (Å²) in [6.07, 6.45) is 0. The number of rotatable bonds is 2. The molecule has 2 rings (SSSR count). The van der Waals surface area contributed by atoms with E-state index < -0.39 is 17.2 Å². The highest BCUT2D eigenvalue weighted by atomic mass is 128. The Balaban J connectivity index is 0.000000686.